The Bertz CT molecular complexity index is 131. The van der Waals surface area contributed by atoms with Crippen LogP contribution in [-0.2, 0) is 4.74 Å². The van der Waals surface area contributed by atoms with Gasteiger partial charge < -0.3 is 0 Å². The minimum atomic E-state index is -5.28. The van der Waals surface area contributed by atoms with Gasteiger partial charge in [-0.3, -0.25) is 0 Å². The summed E-state index contributed by atoms with van der Waals surface area (Å²) in [7, 11) is 0. The Hall–Kier alpha value is -0.100. The van der Waals surface area contributed by atoms with Gasteiger partial charge in [0.05, 0.1) is 0 Å². The standard InChI is InChI=1S/C4H4ClF5O/c1-2(6)3(5,7)11-4(8,9)10/h2H,1H3. The molecule has 0 bridgehead atoms. The molecule has 68 valence electrons. The van der Waals surface area contributed by atoms with Gasteiger partial charge in [0.1, 0.15) is 0 Å². The van der Waals surface area contributed by atoms with Crippen molar-refractivity contribution in [1.29, 1.82) is 0 Å². The van der Waals surface area contributed by atoms with E-state index in [1.807, 2.05) is 0 Å². The Balaban J connectivity index is 4.13. The average Bonchev–Trinajstić information content (AvgIpc) is 1.56. The molecule has 0 aliphatic rings. The minimum absolute atomic E-state index is 0.513. The summed E-state index contributed by atoms with van der Waals surface area (Å²) in [5.41, 5.74) is 0. The van der Waals surface area contributed by atoms with Crippen LogP contribution in [0.25, 0.3) is 0 Å². The summed E-state index contributed by atoms with van der Waals surface area (Å²) >= 11 is 4.37. The minimum Gasteiger partial charge on any atom is -0.240 e. The smallest absolute Gasteiger partial charge is 0.240 e. The molecule has 2 unspecified atom stereocenters. The predicted molar refractivity (Wildman–Crippen MR) is 27.4 cm³/mol. The SMILES string of the molecule is CC(F)C(F)(Cl)OC(F)(F)F. The van der Waals surface area contributed by atoms with Crippen molar-refractivity contribution < 1.29 is 26.7 Å². The topological polar surface area (TPSA) is 9.23 Å². The summed E-state index contributed by atoms with van der Waals surface area (Å²) in [6.45, 7) is 0.513. The number of hydrogen-bond acceptors (Lipinski definition) is 1. The molecule has 0 heterocycles. The monoisotopic (exact) mass is 198 g/mol. The average molecular weight is 199 g/mol. The van der Waals surface area contributed by atoms with E-state index >= 15 is 0 Å². The zero-order valence-electron chi connectivity index (χ0n) is 5.25. The largest absolute Gasteiger partial charge is 0.526 e. The molecule has 0 N–H and O–H groups in total. The first-order valence-corrected chi connectivity index (χ1v) is 2.82. The number of halogens is 6. The number of rotatable bonds is 2. The first-order valence-electron chi connectivity index (χ1n) is 2.44. The molecule has 0 aromatic heterocycles. The Morgan fingerprint density at radius 3 is 1.73 bits per heavy atom. The van der Waals surface area contributed by atoms with Crippen LogP contribution in [0.3, 0.4) is 0 Å². The highest BCUT2D eigenvalue weighted by atomic mass is 35.5. The van der Waals surface area contributed by atoms with Crippen LogP contribution >= 0.6 is 11.6 Å². The van der Waals surface area contributed by atoms with Crippen LogP contribution in [0.15, 0.2) is 0 Å². The summed E-state index contributed by atoms with van der Waals surface area (Å²) in [6.07, 6.45) is -7.84. The highest BCUT2D eigenvalue weighted by Crippen LogP contribution is 2.33. The van der Waals surface area contributed by atoms with Gasteiger partial charge in [0.2, 0.25) is 0 Å². The maximum absolute atomic E-state index is 12.2. The van der Waals surface area contributed by atoms with Gasteiger partial charge >= 0.3 is 11.7 Å². The van der Waals surface area contributed by atoms with Crippen LogP contribution in [0.5, 0.6) is 0 Å². The van der Waals surface area contributed by atoms with Crippen LogP contribution in [0.2, 0.25) is 0 Å². The van der Waals surface area contributed by atoms with Crippen LogP contribution in [0.4, 0.5) is 22.0 Å². The van der Waals surface area contributed by atoms with E-state index in [1.165, 1.54) is 0 Å². The number of hydrogen-bond donors (Lipinski definition) is 0. The van der Waals surface area contributed by atoms with Crippen LogP contribution in [-0.4, -0.2) is 17.8 Å². The van der Waals surface area contributed by atoms with E-state index in [4.69, 9.17) is 0 Å². The van der Waals surface area contributed by atoms with Crippen LogP contribution in [0.1, 0.15) is 6.92 Å². The fourth-order valence-electron chi connectivity index (χ4n) is 0.235. The fourth-order valence-corrected chi connectivity index (χ4v) is 0.323. The van der Waals surface area contributed by atoms with Gasteiger partial charge in [0.25, 0.3) is 0 Å². The van der Waals surface area contributed by atoms with Crippen molar-refractivity contribution in [2.45, 2.75) is 24.8 Å². The third-order valence-corrected chi connectivity index (χ3v) is 1.09. The molecule has 0 saturated heterocycles. The summed E-state index contributed by atoms with van der Waals surface area (Å²) < 4.78 is 60.2. The third kappa shape index (κ3) is 4.36. The van der Waals surface area contributed by atoms with Gasteiger partial charge in [0.15, 0.2) is 6.17 Å². The molecular formula is C4H4ClF5O. The molecule has 0 radical (unpaired) electrons. The molecule has 0 spiro atoms. The van der Waals surface area contributed by atoms with E-state index in [-0.39, 0.29) is 0 Å². The van der Waals surface area contributed by atoms with Crippen LogP contribution < -0.4 is 0 Å². The molecular weight excluding hydrogens is 194 g/mol. The molecule has 0 rings (SSSR count). The van der Waals surface area contributed by atoms with Gasteiger partial charge in [-0.2, -0.15) is 4.39 Å². The first-order chi connectivity index (χ1) is 4.65. The fraction of sp³-hybridized carbons (Fsp3) is 1.00. The lowest BCUT2D eigenvalue weighted by atomic mass is 10.4. The lowest BCUT2D eigenvalue weighted by molar-refractivity contribution is -0.379. The second-order valence-electron chi connectivity index (χ2n) is 1.73. The van der Waals surface area contributed by atoms with E-state index in [0.29, 0.717) is 6.92 Å². The highest BCUT2D eigenvalue weighted by Gasteiger charge is 2.47. The van der Waals surface area contributed by atoms with Crippen molar-refractivity contribution in [3.05, 3.63) is 0 Å². The summed E-state index contributed by atoms with van der Waals surface area (Å²) in [5, 5.41) is -3.84. The molecule has 7 heteroatoms. The number of alkyl halides is 6. The summed E-state index contributed by atoms with van der Waals surface area (Å²) in [4.78, 5) is 0. The Labute approximate surface area is 64.1 Å². The van der Waals surface area contributed by atoms with Crippen molar-refractivity contribution in [2.75, 3.05) is 0 Å². The Kier molecular flexibility index (Phi) is 3.07. The van der Waals surface area contributed by atoms with E-state index < -0.39 is 17.8 Å². The van der Waals surface area contributed by atoms with Gasteiger partial charge in [0, 0.05) is 0 Å². The first kappa shape index (κ1) is 10.9. The second-order valence-corrected chi connectivity index (χ2v) is 2.24. The van der Waals surface area contributed by atoms with Crippen molar-refractivity contribution in [3.63, 3.8) is 0 Å². The van der Waals surface area contributed by atoms with Crippen molar-refractivity contribution in [3.8, 4) is 0 Å². The summed E-state index contributed by atoms with van der Waals surface area (Å²) in [6, 6.07) is 0. The van der Waals surface area contributed by atoms with Gasteiger partial charge in [-0.1, -0.05) is 0 Å². The van der Waals surface area contributed by atoms with E-state index in [9.17, 15) is 22.0 Å². The van der Waals surface area contributed by atoms with E-state index in [0.717, 1.165) is 0 Å². The molecule has 2 atom stereocenters. The van der Waals surface area contributed by atoms with Crippen molar-refractivity contribution in [2.24, 2.45) is 0 Å². The number of ether oxygens (including phenoxy) is 1. The molecule has 0 aliphatic carbocycles. The van der Waals surface area contributed by atoms with Crippen molar-refractivity contribution in [1.82, 2.24) is 0 Å². The lowest BCUT2D eigenvalue weighted by Crippen LogP contribution is -2.35. The molecule has 0 fully saturated rings. The normalized spacial score (nSPS) is 21.0. The molecule has 0 aromatic rings. The Morgan fingerprint density at radius 1 is 1.27 bits per heavy atom. The summed E-state index contributed by atoms with van der Waals surface area (Å²) in [5.74, 6) is 0. The van der Waals surface area contributed by atoms with E-state index in [2.05, 4.69) is 16.3 Å². The van der Waals surface area contributed by atoms with E-state index in [1.54, 1.807) is 0 Å². The second kappa shape index (κ2) is 3.10. The molecule has 11 heavy (non-hydrogen) atoms. The molecule has 0 saturated carbocycles. The Morgan fingerprint density at radius 2 is 1.64 bits per heavy atom. The van der Waals surface area contributed by atoms with Gasteiger partial charge in [-0.05, 0) is 18.5 Å². The molecule has 0 aliphatic heterocycles. The van der Waals surface area contributed by atoms with Gasteiger partial charge in [-0.15, -0.1) is 13.2 Å². The molecule has 0 aromatic carbocycles. The predicted octanol–water partition coefficient (Wildman–Crippen LogP) is 2.74. The molecule has 1 nitrogen and oxygen atoms in total. The maximum Gasteiger partial charge on any atom is 0.526 e. The zero-order valence-corrected chi connectivity index (χ0v) is 6.01. The zero-order chi connectivity index (χ0) is 9.28. The van der Waals surface area contributed by atoms with Crippen LogP contribution in [0, 0.1) is 0 Å². The lowest BCUT2D eigenvalue weighted by Gasteiger charge is -2.20. The highest BCUT2D eigenvalue weighted by molar-refractivity contribution is 6.22. The maximum atomic E-state index is 12.2. The quantitative estimate of drug-likeness (QED) is 0.490. The third-order valence-electron chi connectivity index (χ3n) is 0.715. The molecule has 0 amide bonds. The van der Waals surface area contributed by atoms with Crippen molar-refractivity contribution >= 4 is 11.6 Å². The van der Waals surface area contributed by atoms with Gasteiger partial charge in [-0.25, -0.2) is 9.13 Å².